The van der Waals surface area contributed by atoms with Crippen molar-refractivity contribution >= 4 is 31.4 Å². The van der Waals surface area contributed by atoms with Gasteiger partial charge in [0.15, 0.2) is 9.84 Å². The SMILES string of the molecule is CCN(NC(=Nc1ccc(F)cc1)c1ccc(S(C)(=O)=O)cc1)S(=O)(=O)c1ccccc1. The Bertz CT molecular complexity index is 1310. The zero-order chi connectivity index (χ0) is 23.4. The van der Waals surface area contributed by atoms with Gasteiger partial charge in [0.25, 0.3) is 10.0 Å². The fourth-order valence-electron chi connectivity index (χ4n) is 2.81. The van der Waals surface area contributed by atoms with Crippen molar-refractivity contribution in [2.24, 2.45) is 4.99 Å². The summed E-state index contributed by atoms with van der Waals surface area (Å²) in [4.78, 5) is 4.66. The minimum atomic E-state index is -3.90. The Kier molecular flexibility index (Phi) is 7.07. The van der Waals surface area contributed by atoms with Crippen LogP contribution in [0, 0.1) is 5.82 Å². The second kappa shape index (κ2) is 9.60. The van der Waals surface area contributed by atoms with Gasteiger partial charge in [-0.25, -0.2) is 26.2 Å². The summed E-state index contributed by atoms with van der Waals surface area (Å²) >= 11 is 0. The number of benzene rings is 3. The largest absolute Gasteiger partial charge is 0.289 e. The molecule has 0 aromatic heterocycles. The van der Waals surface area contributed by atoms with Crippen LogP contribution in [0.25, 0.3) is 0 Å². The van der Waals surface area contributed by atoms with Crippen LogP contribution in [0.2, 0.25) is 0 Å². The third kappa shape index (κ3) is 5.58. The molecule has 3 aromatic rings. The molecule has 0 spiro atoms. The zero-order valence-corrected chi connectivity index (χ0v) is 19.1. The molecular weight excluding hydrogens is 453 g/mol. The highest BCUT2D eigenvalue weighted by molar-refractivity contribution is 7.90. The van der Waals surface area contributed by atoms with E-state index in [9.17, 15) is 21.2 Å². The van der Waals surface area contributed by atoms with E-state index < -0.39 is 25.7 Å². The van der Waals surface area contributed by atoms with E-state index >= 15 is 0 Å². The molecule has 0 radical (unpaired) electrons. The molecule has 0 aliphatic carbocycles. The first-order valence-electron chi connectivity index (χ1n) is 9.60. The molecule has 0 atom stereocenters. The van der Waals surface area contributed by atoms with Gasteiger partial charge in [-0.2, -0.15) is 0 Å². The van der Waals surface area contributed by atoms with Crippen molar-refractivity contribution in [1.29, 1.82) is 0 Å². The van der Waals surface area contributed by atoms with Crippen LogP contribution in [0.1, 0.15) is 12.5 Å². The van der Waals surface area contributed by atoms with Crippen LogP contribution in [0.4, 0.5) is 10.1 Å². The standard InChI is InChI=1S/C22H22FN3O4S2/c1-3-26(32(29,30)21-7-5-4-6-8-21)25-22(24-19-13-11-18(23)12-14-19)17-9-15-20(16-10-17)31(2,27)28/h4-16H,3H2,1-2H3,(H,24,25). The highest BCUT2D eigenvalue weighted by atomic mass is 32.2. The number of sulfone groups is 1. The van der Waals surface area contributed by atoms with Gasteiger partial charge >= 0.3 is 0 Å². The number of hydrogen-bond donors (Lipinski definition) is 1. The second-order valence-electron chi connectivity index (χ2n) is 6.83. The Labute approximate surface area is 187 Å². The molecule has 0 fully saturated rings. The average Bonchev–Trinajstić information content (AvgIpc) is 2.78. The summed E-state index contributed by atoms with van der Waals surface area (Å²) in [6.45, 7) is 1.75. The Morgan fingerprint density at radius 2 is 1.47 bits per heavy atom. The van der Waals surface area contributed by atoms with Crippen molar-refractivity contribution in [3.63, 3.8) is 0 Å². The van der Waals surface area contributed by atoms with Gasteiger partial charge in [-0.05, 0) is 67.6 Å². The second-order valence-corrected chi connectivity index (χ2v) is 10.7. The van der Waals surface area contributed by atoms with Gasteiger partial charge in [-0.1, -0.05) is 18.2 Å². The van der Waals surface area contributed by atoms with Crippen molar-refractivity contribution in [3.8, 4) is 0 Å². The number of rotatable bonds is 7. The number of hydrogen-bond acceptors (Lipinski definition) is 5. The number of amidine groups is 1. The quantitative estimate of drug-likeness (QED) is 0.320. The minimum absolute atomic E-state index is 0.0844. The predicted octanol–water partition coefficient (Wildman–Crippen LogP) is 3.52. The molecule has 7 nitrogen and oxygen atoms in total. The molecule has 0 amide bonds. The van der Waals surface area contributed by atoms with Crippen molar-refractivity contribution in [2.75, 3.05) is 12.8 Å². The lowest BCUT2D eigenvalue weighted by atomic mass is 10.2. The molecule has 0 saturated carbocycles. The van der Waals surface area contributed by atoms with Crippen LogP contribution in [0.15, 0.2) is 93.6 Å². The summed E-state index contributed by atoms with van der Waals surface area (Å²) in [7, 11) is -7.30. The monoisotopic (exact) mass is 475 g/mol. The Hall–Kier alpha value is -3.08. The van der Waals surface area contributed by atoms with Gasteiger partial charge in [-0.3, -0.25) is 5.43 Å². The van der Waals surface area contributed by atoms with Crippen LogP contribution in [-0.2, 0) is 19.9 Å². The van der Waals surface area contributed by atoms with E-state index in [1.54, 1.807) is 25.1 Å². The van der Waals surface area contributed by atoms with E-state index in [1.807, 2.05) is 0 Å². The third-order valence-corrected chi connectivity index (χ3v) is 7.40. The fraction of sp³-hybridized carbons (Fsp3) is 0.136. The summed E-state index contributed by atoms with van der Waals surface area (Å²) < 4.78 is 64.1. The number of nitrogens with one attached hydrogen (secondary N) is 1. The van der Waals surface area contributed by atoms with E-state index in [2.05, 4.69) is 10.4 Å². The smallest absolute Gasteiger partial charge is 0.259 e. The van der Waals surface area contributed by atoms with Crippen molar-refractivity contribution in [1.82, 2.24) is 9.84 Å². The fourth-order valence-corrected chi connectivity index (χ4v) is 4.74. The first kappa shape index (κ1) is 23.6. The van der Waals surface area contributed by atoms with Crippen LogP contribution >= 0.6 is 0 Å². The number of sulfonamides is 1. The highest BCUT2D eigenvalue weighted by Crippen LogP contribution is 2.18. The predicted molar refractivity (Wildman–Crippen MR) is 121 cm³/mol. The highest BCUT2D eigenvalue weighted by Gasteiger charge is 2.24. The lowest BCUT2D eigenvalue weighted by Crippen LogP contribution is -2.46. The first-order chi connectivity index (χ1) is 15.1. The lowest BCUT2D eigenvalue weighted by Gasteiger charge is -2.23. The minimum Gasteiger partial charge on any atom is -0.289 e. The van der Waals surface area contributed by atoms with Gasteiger partial charge < -0.3 is 0 Å². The Balaban J connectivity index is 2.05. The molecule has 10 heteroatoms. The lowest BCUT2D eigenvalue weighted by molar-refractivity contribution is 0.393. The number of nitrogens with zero attached hydrogens (tertiary/aromatic N) is 2. The average molecular weight is 476 g/mol. The Morgan fingerprint density at radius 3 is 2.00 bits per heavy atom. The molecule has 0 bridgehead atoms. The summed E-state index contributed by atoms with van der Waals surface area (Å²) in [6, 6.07) is 19.2. The maximum Gasteiger partial charge on any atom is 0.259 e. The van der Waals surface area contributed by atoms with Gasteiger partial charge in [0.05, 0.1) is 15.5 Å². The van der Waals surface area contributed by atoms with Crippen LogP contribution in [0.5, 0.6) is 0 Å². The molecule has 0 saturated heterocycles. The molecule has 1 N–H and O–H groups in total. The van der Waals surface area contributed by atoms with Crippen molar-refractivity contribution < 1.29 is 21.2 Å². The summed E-state index contributed by atoms with van der Waals surface area (Å²) in [5.41, 5.74) is 3.66. The molecule has 0 aliphatic rings. The van der Waals surface area contributed by atoms with Crippen molar-refractivity contribution in [3.05, 3.63) is 90.2 Å². The maximum atomic E-state index is 13.3. The van der Waals surface area contributed by atoms with Crippen molar-refractivity contribution in [2.45, 2.75) is 16.7 Å². The molecular formula is C22H22FN3O4S2. The first-order valence-corrected chi connectivity index (χ1v) is 12.9. The molecule has 0 heterocycles. The van der Waals surface area contributed by atoms with Crippen LogP contribution in [0.3, 0.4) is 0 Å². The van der Waals surface area contributed by atoms with Gasteiger partial charge in [-0.15, -0.1) is 4.41 Å². The molecule has 168 valence electrons. The molecule has 0 unspecified atom stereocenters. The van der Waals surface area contributed by atoms with Crippen LogP contribution in [-0.4, -0.2) is 39.9 Å². The maximum absolute atomic E-state index is 13.3. The van der Waals surface area contributed by atoms with E-state index in [-0.39, 0.29) is 22.2 Å². The number of aliphatic imine (C=N–C) groups is 1. The molecule has 32 heavy (non-hydrogen) atoms. The van der Waals surface area contributed by atoms with E-state index in [4.69, 9.17) is 0 Å². The molecule has 3 rings (SSSR count). The van der Waals surface area contributed by atoms with Crippen LogP contribution < -0.4 is 5.43 Å². The molecule has 3 aromatic carbocycles. The summed E-state index contributed by atoms with van der Waals surface area (Å²) in [5, 5.41) is 0. The van der Waals surface area contributed by atoms with Gasteiger partial charge in [0.2, 0.25) is 0 Å². The normalized spacial score (nSPS) is 12.7. The van der Waals surface area contributed by atoms with E-state index in [0.29, 0.717) is 11.3 Å². The number of hydrazine groups is 1. The summed E-state index contributed by atoms with van der Waals surface area (Å²) in [6.07, 6.45) is 1.10. The van der Waals surface area contributed by atoms with E-state index in [0.717, 1.165) is 10.7 Å². The van der Waals surface area contributed by atoms with E-state index in [1.165, 1.54) is 60.7 Å². The van der Waals surface area contributed by atoms with Gasteiger partial charge in [0, 0.05) is 18.4 Å². The zero-order valence-electron chi connectivity index (χ0n) is 17.4. The molecule has 0 aliphatic heterocycles. The number of halogens is 1. The summed E-state index contributed by atoms with van der Waals surface area (Å²) in [5.74, 6) is -0.282. The Morgan fingerprint density at radius 1 is 0.875 bits per heavy atom. The van der Waals surface area contributed by atoms with Gasteiger partial charge in [0.1, 0.15) is 11.7 Å². The third-order valence-electron chi connectivity index (χ3n) is 4.47. The topological polar surface area (TPSA) is 95.9 Å².